The van der Waals surface area contributed by atoms with E-state index in [4.69, 9.17) is 9.26 Å². The third-order valence-corrected chi connectivity index (χ3v) is 8.99. The highest BCUT2D eigenvalue weighted by Gasteiger charge is 2.42. The fourth-order valence-electron chi connectivity index (χ4n) is 5.85. The van der Waals surface area contributed by atoms with Gasteiger partial charge in [0.1, 0.15) is 11.3 Å². The predicted octanol–water partition coefficient (Wildman–Crippen LogP) is 6.56. The molecular weight excluding hydrogens is 567 g/mol. The van der Waals surface area contributed by atoms with Crippen molar-refractivity contribution in [1.29, 1.82) is 0 Å². The molecule has 2 aromatic heterocycles. The number of aliphatic hydroxyl groups is 1. The number of nitrogens with zero attached hydrogens (tertiary/aromatic N) is 3. The van der Waals surface area contributed by atoms with Gasteiger partial charge in [0.05, 0.1) is 29.2 Å². The van der Waals surface area contributed by atoms with Crippen LogP contribution in [-0.2, 0) is 28.5 Å². The first-order chi connectivity index (χ1) is 20.2. The van der Waals surface area contributed by atoms with Crippen LogP contribution in [0, 0.1) is 5.92 Å². The second-order valence-corrected chi connectivity index (χ2v) is 11.7. The number of rotatable bonds is 7. The second kappa shape index (κ2) is 11.6. The van der Waals surface area contributed by atoms with Crippen molar-refractivity contribution in [3.8, 4) is 32.5 Å². The largest absolute Gasteiger partial charge is 0.466 e. The number of halogens is 3. The molecule has 0 amide bonds. The van der Waals surface area contributed by atoms with Gasteiger partial charge in [0.15, 0.2) is 5.01 Å². The average molecular weight is 598 g/mol. The van der Waals surface area contributed by atoms with Crippen molar-refractivity contribution in [3.05, 3.63) is 70.9 Å². The Hall–Kier alpha value is -3.54. The molecule has 1 aliphatic carbocycles. The monoisotopic (exact) mass is 597 g/mol. The molecule has 2 atom stereocenters. The zero-order chi connectivity index (χ0) is 29.4. The van der Waals surface area contributed by atoms with Gasteiger partial charge in [-0.15, -0.1) is 11.3 Å². The van der Waals surface area contributed by atoms with Gasteiger partial charge >= 0.3 is 12.1 Å². The number of carbonyl (C=O) groups is 1. The minimum Gasteiger partial charge on any atom is -0.466 e. The van der Waals surface area contributed by atoms with Crippen molar-refractivity contribution in [3.63, 3.8) is 0 Å². The highest BCUT2D eigenvalue weighted by Crippen LogP contribution is 2.47. The van der Waals surface area contributed by atoms with E-state index in [-0.39, 0.29) is 28.3 Å². The summed E-state index contributed by atoms with van der Waals surface area (Å²) >= 11 is 1.16. The number of β-amino-alcohol motifs (C(OH)–C–C–N with tert-alkyl or cyclic N) is 1. The quantitative estimate of drug-likeness (QED) is 0.242. The van der Waals surface area contributed by atoms with Gasteiger partial charge in [0, 0.05) is 18.7 Å². The Balaban J connectivity index is 1.24. The summed E-state index contributed by atoms with van der Waals surface area (Å²) in [6.07, 6.45) is -2.55. The fourth-order valence-corrected chi connectivity index (χ4v) is 7.00. The van der Waals surface area contributed by atoms with Crippen LogP contribution >= 0.6 is 11.3 Å². The van der Waals surface area contributed by atoms with Gasteiger partial charge in [-0.1, -0.05) is 53.7 Å². The molecule has 1 N–H and O–H groups in total. The van der Waals surface area contributed by atoms with Crippen LogP contribution in [-0.4, -0.2) is 52.4 Å². The molecule has 1 saturated heterocycles. The predicted molar refractivity (Wildman–Crippen MR) is 152 cm³/mol. The maximum absolute atomic E-state index is 14.2. The van der Waals surface area contributed by atoms with Crippen LogP contribution in [0.5, 0.6) is 0 Å². The number of aryl methyl sites for hydroxylation is 2. The topological polar surface area (TPSA) is 88.7 Å². The number of esters is 1. The SMILES string of the molecule is CCOC(=O)[C@H]1CCCN(C[C@H](O)c2ccc3c(c2)CCc2nc(-c4onc(-c5ccccc5)c4C(F)(F)F)sc2-3)C1. The lowest BCUT2D eigenvalue weighted by Crippen LogP contribution is -2.41. The first-order valence-corrected chi connectivity index (χ1v) is 14.9. The van der Waals surface area contributed by atoms with E-state index in [1.165, 1.54) is 0 Å². The number of ether oxygens (including phenoxy) is 1. The highest BCUT2D eigenvalue weighted by molar-refractivity contribution is 7.18. The molecule has 1 aliphatic heterocycles. The van der Waals surface area contributed by atoms with Crippen molar-refractivity contribution in [2.75, 3.05) is 26.2 Å². The van der Waals surface area contributed by atoms with Crippen LogP contribution in [0.15, 0.2) is 53.1 Å². The lowest BCUT2D eigenvalue weighted by atomic mass is 9.91. The number of hydrogen-bond donors (Lipinski definition) is 1. The number of alkyl halides is 3. The second-order valence-electron chi connectivity index (χ2n) is 10.7. The summed E-state index contributed by atoms with van der Waals surface area (Å²) in [5.41, 5.74) is 2.53. The van der Waals surface area contributed by atoms with Crippen molar-refractivity contribution in [2.24, 2.45) is 5.92 Å². The maximum atomic E-state index is 14.2. The summed E-state index contributed by atoms with van der Waals surface area (Å²) in [7, 11) is 0. The molecule has 11 heteroatoms. The van der Waals surface area contributed by atoms with Gasteiger partial charge in [-0.25, -0.2) is 4.98 Å². The Morgan fingerprint density at radius 1 is 1.21 bits per heavy atom. The van der Waals surface area contributed by atoms with E-state index in [0.717, 1.165) is 58.0 Å². The lowest BCUT2D eigenvalue weighted by Gasteiger charge is -2.33. The number of likely N-dealkylation sites (tertiary alicyclic amines) is 1. The minimum absolute atomic E-state index is 0.139. The smallest absolute Gasteiger partial charge is 0.422 e. The average Bonchev–Trinajstić information content (AvgIpc) is 3.63. The zero-order valence-electron chi connectivity index (χ0n) is 23.0. The summed E-state index contributed by atoms with van der Waals surface area (Å²) in [5, 5.41) is 15.0. The van der Waals surface area contributed by atoms with Crippen LogP contribution < -0.4 is 0 Å². The maximum Gasteiger partial charge on any atom is 0.422 e. The molecule has 2 aliphatic rings. The number of hydrogen-bond acceptors (Lipinski definition) is 8. The number of thiazole rings is 1. The molecule has 0 radical (unpaired) electrons. The lowest BCUT2D eigenvalue weighted by molar-refractivity contribution is -0.150. The van der Waals surface area contributed by atoms with Crippen LogP contribution in [0.1, 0.15) is 48.3 Å². The molecule has 2 aromatic carbocycles. The molecule has 0 bridgehead atoms. The van der Waals surface area contributed by atoms with E-state index in [0.29, 0.717) is 38.1 Å². The van der Waals surface area contributed by atoms with Crippen molar-refractivity contribution >= 4 is 17.3 Å². The van der Waals surface area contributed by atoms with Crippen LogP contribution in [0.25, 0.3) is 32.5 Å². The molecule has 4 aromatic rings. The van der Waals surface area contributed by atoms with E-state index in [1.807, 2.05) is 18.2 Å². The third kappa shape index (κ3) is 5.60. The molecule has 1 fully saturated rings. The Bertz CT molecular complexity index is 1580. The Kier molecular flexibility index (Phi) is 7.91. The third-order valence-electron chi connectivity index (χ3n) is 7.86. The Morgan fingerprint density at radius 2 is 2.02 bits per heavy atom. The standard InChI is InChI=1S/C31H30F3N3O4S/c1-2-40-30(39)21-9-6-14-37(16-21)17-24(38)20-10-12-22-19(15-20)11-13-23-28(22)42-29(35-23)27-25(31(32,33)34)26(36-41-27)18-7-4-3-5-8-18/h3-5,7-8,10,12,15,21,24,38H,2,6,9,11,13-14,16-17H2,1H3/t21-,24-/m0/s1. The number of aromatic nitrogens is 2. The fraction of sp³-hybridized carbons (Fsp3) is 0.387. The van der Waals surface area contributed by atoms with Crippen molar-refractivity contribution in [2.45, 2.75) is 44.9 Å². The van der Waals surface area contributed by atoms with Gasteiger partial charge in [-0.05, 0) is 55.8 Å². The van der Waals surface area contributed by atoms with Gasteiger partial charge in [-0.3, -0.25) is 9.69 Å². The Labute approximate surface area is 244 Å². The van der Waals surface area contributed by atoms with Gasteiger partial charge in [0.25, 0.3) is 0 Å². The summed E-state index contributed by atoms with van der Waals surface area (Å²) in [5.74, 6) is -0.745. The molecule has 0 saturated carbocycles. The number of benzene rings is 2. The van der Waals surface area contributed by atoms with Gasteiger partial charge in [-0.2, -0.15) is 13.2 Å². The molecule has 220 valence electrons. The number of piperidine rings is 1. The zero-order valence-corrected chi connectivity index (χ0v) is 23.8. The molecule has 6 rings (SSSR count). The normalized spacial score (nSPS) is 17.9. The highest BCUT2D eigenvalue weighted by atomic mass is 32.1. The summed E-state index contributed by atoms with van der Waals surface area (Å²) in [4.78, 5) is 19.7. The van der Waals surface area contributed by atoms with Crippen LogP contribution in [0.2, 0.25) is 0 Å². The van der Waals surface area contributed by atoms with E-state index < -0.39 is 17.8 Å². The minimum atomic E-state index is -4.68. The van der Waals surface area contributed by atoms with E-state index >= 15 is 0 Å². The molecule has 3 heterocycles. The first-order valence-electron chi connectivity index (χ1n) is 14.1. The number of fused-ring (bicyclic) bond motifs is 3. The van der Waals surface area contributed by atoms with E-state index in [2.05, 4.69) is 15.0 Å². The van der Waals surface area contributed by atoms with E-state index in [1.54, 1.807) is 37.3 Å². The van der Waals surface area contributed by atoms with Gasteiger partial charge in [0.2, 0.25) is 5.76 Å². The van der Waals surface area contributed by atoms with E-state index in [9.17, 15) is 23.1 Å². The number of aliphatic hydroxyl groups excluding tert-OH is 1. The molecule has 42 heavy (non-hydrogen) atoms. The van der Waals surface area contributed by atoms with Gasteiger partial charge < -0.3 is 14.4 Å². The summed E-state index contributed by atoms with van der Waals surface area (Å²) in [6, 6.07) is 13.9. The Morgan fingerprint density at radius 3 is 2.79 bits per heavy atom. The van der Waals surface area contributed by atoms with Crippen molar-refractivity contribution in [1.82, 2.24) is 15.0 Å². The van der Waals surface area contributed by atoms with Crippen LogP contribution in [0.3, 0.4) is 0 Å². The summed E-state index contributed by atoms with van der Waals surface area (Å²) < 4.78 is 53.2. The molecule has 0 unspecified atom stereocenters. The van der Waals surface area contributed by atoms with Crippen molar-refractivity contribution < 1.29 is 32.3 Å². The first kappa shape index (κ1) is 28.6. The molecule has 7 nitrogen and oxygen atoms in total. The number of carbonyl (C=O) groups excluding carboxylic acids is 1. The molecular formula is C31H30F3N3O4S. The van der Waals surface area contributed by atoms with Crippen LogP contribution in [0.4, 0.5) is 13.2 Å². The summed E-state index contributed by atoms with van der Waals surface area (Å²) in [6.45, 7) is 3.91. The molecule has 0 spiro atoms.